The fourth-order valence-electron chi connectivity index (χ4n) is 4.34. The molecule has 0 unspecified atom stereocenters. The van der Waals surface area contributed by atoms with Crippen LogP contribution in [0.4, 0.5) is 0 Å². The molecule has 1 aromatic heterocycles. The molecule has 5 rings (SSSR count). The van der Waals surface area contributed by atoms with Gasteiger partial charge in [0, 0.05) is 23.7 Å². The molecule has 1 amide bonds. The summed E-state index contributed by atoms with van der Waals surface area (Å²) in [5.74, 6) is 3.66. The molecule has 2 heterocycles. The third-order valence-corrected chi connectivity index (χ3v) is 6.28. The molecule has 0 N–H and O–H groups in total. The van der Waals surface area contributed by atoms with Gasteiger partial charge in [-0.15, -0.1) is 0 Å². The number of fused-ring (bicyclic) bond motifs is 1. The lowest BCUT2D eigenvalue weighted by atomic mass is 10.1. The van der Waals surface area contributed by atoms with Gasteiger partial charge in [-0.1, -0.05) is 17.3 Å². The monoisotopic (exact) mass is 532 g/mol. The van der Waals surface area contributed by atoms with E-state index in [1.54, 1.807) is 75.8 Å². The maximum Gasteiger partial charge on any atom is 0.254 e. The van der Waals surface area contributed by atoms with Crippen molar-refractivity contribution in [3.63, 3.8) is 0 Å². The van der Waals surface area contributed by atoms with Gasteiger partial charge in [-0.25, -0.2) is 0 Å². The maximum absolute atomic E-state index is 13.7. The molecule has 0 aliphatic carbocycles. The number of carbonyl (C=O) groups excluding carboxylic acids is 1. The minimum atomic E-state index is -0.191. The van der Waals surface area contributed by atoms with Crippen molar-refractivity contribution in [3.05, 3.63) is 77.5 Å². The van der Waals surface area contributed by atoms with E-state index >= 15 is 0 Å². The van der Waals surface area contributed by atoms with Gasteiger partial charge in [0.1, 0.15) is 11.4 Å². The Kier molecular flexibility index (Phi) is 7.44. The molecule has 4 aromatic rings. The van der Waals surface area contributed by atoms with Crippen molar-refractivity contribution in [2.45, 2.75) is 13.1 Å². The normalized spacial score (nSPS) is 11.7. The third-order valence-electron chi connectivity index (χ3n) is 6.28. The van der Waals surface area contributed by atoms with Gasteiger partial charge in [0.2, 0.25) is 12.5 Å². The highest BCUT2D eigenvalue weighted by molar-refractivity contribution is 5.94. The standard InChI is InChI=1S/C29H28N2O8/c1-33-22-7-5-6-19(11-22)29(32)31(15-18-8-9-23-25(10-18)38-17-37-23)16-21-14-24(39-30-21)20-12-26(34-2)28(36-4)27(13-20)35-3/h5-14H,15-17H2,1-4H3. The molecule has 39 heavy (non-hydrogen) atoms. The van der Waals surface area contributed by atoms with Gasteiger partial charge >= 0.3 is 0 Å². The molecule has 1 aliphatic rings. The van der Waals surface area contributed by atoms with Crippen molar-refractivity contribution in [3.8, 4) is 45.8 Å². The van der Waals surface area contributed by atoms with Crippen LogP contribution >= 0.6 is 0 Å². The van der Waals surface area contributed by atoms with E-state index < -0.39 is 0 Å². The molecule has 0 bridgehead atoms. The molecule has 0 saturated heterocycles. The van der Waals surface area contributed by atoms with Crippen molar-refractivity contribution < 1.29 is 37.7 Å². The van der Waals surface area contributed by atoms with Crippen LogP contribution in [0.5, 0.6) is 34.5 Å². The Bertz CT molecular complexity index is 1460. The van der Waals surface area contributed by atoms with E-state index in [1.165, 1.54) is 0 Å². The van der Waals surface area contributed by atoms with E-state index in [4.69, 9.17) is 32.9 Å². The lowest BCUT2D eigenvalue weighted by Crippen LogP contribution is -2.30. The van der Waals surface area contributed by atoms with Crippen LogP contribution in [-0.2, 0) is 13.1 Å². The van der Waals surface area contributed by atoms with E-state index in [2.05, 4.69) is 5.16 Å². The molecule has 0 spiro atoms. The minimum Gasteiger partial charge on any atom is -0.497 e. The average Bonchev–Trinajstić information content (AvgIpc) is 3.65. The maximum atomic E-state index is 13.7. The minimum absolute atomic E-state index is 0.174. The second-order valence-electron chi connectivity index (χ2n) is 8.68. The summed E-state index contributed by atoms with van der Waals surface area (Å²) in [6, 6.07) is 18.0. The largest absolute Gasteiger partial charge is 0.497 e. The number of benzene rings is 3. The van der Waals surface area contributed by atoms with Crippen LogP contribution in [-0.4, -0.2) is 51.2 Å². The first-order valence-corrected chi connectivity index (χ1v) is 12.1. The average molecular weight is 533 g/mol. The Morgan fingerprint density at radius 1 is 0.846 bits per heavy atom. The van der Waals surface area contributed by atoms with Gasteiger partial charge in [-0.05, 0) is 48.0 Å². The predicted octanol–water partition coefficient (Wildman–Crippen LogP) is 4.95. The van der Waals surface area contributed by atoms with Gasteiger partial charge in [-0.2, -0.15) is 0 Å². The second-order valence-corrected chi connectivity index (χ2v) is 8.68. The van der Waals surface area contributed by atoms with Crippen molar-refractivity contribution in [1.29, 1.82) is 0 Å². The number of nitrogens with zero attached hydrogens (tertiary/aromatic N) is 2. The molecule has 10 heteroatoms. The molecule has 10 nitrogen and oxygen atoms in total. The predicted molar refractivity (Wildman–Crippen MR) is 141 cm³/mol. The molecule has 0 saturated carbocycles. The second kappa shape index (κ2) is 11.3. The van der Waals surface area contributed by atoms with Crippen LogP contribution in [0.15, 0.2) is 65.2 Å². The van der Waals surface area contributed by atoms with E-state index in [1.807, 2.05) is 18.2 Å². The highest BCUT2D eigenvalue weighted by Gasteiger charge is 2.22. The van der Waals surface area contributed by atoms with Gasteiger partial charge in [-0.3, -0.25) is 4.79 Å². The first-order valence-electron chi connectivity index (χ1n) is 12.1. The Balaban J connectivity index is 1.45. The smallest absolute Gasteiger partial charge is 0.254 e. The lowest BCUT2D eigenvalue weighted by Gasteiger charge is -2.22. The van der Waals surface area contributed by atoms with Crippen molar-refractivity contribution in [2.24, 2.45) is 0 Å². The van der Waals surface area contributed by atoms with E-state index in [-0.39, 0.29) is 19.2 Å². The van der Waals surface area contributed by atoms with Gasteiger partial charge in [0.05, 0.1) is 35.0 Å². The summed E-state index contributed by atoms with van der Waals surface area (Å²) in [5, 5.41) is 4.24. The Labute approximate surface area is 225 Å². The summed E-state index contributed by atoms with van der Waals surface area (Å²) in [4.78, 5) is 15.4. The number of methoxy groups -OCH3 is 4. The quantitative estimate of drug-likeness (QED) is 0.281. The zero-order valence-electron chi connectivity index (χ0n) is 22.1. The van der Waals surface area contributed by atoms with E-state index in [0.29, 0.717) is 63.6 Å². The number of aromatic nitrogens is 1. The summed E-state index contributed by atoms with van der Waals surface area (Å²) in [7, 11) is 6.20. The number of hydrogen-bond donors (Lipinski definition) is 0. The number of ether oxygens (including phenoxy) is 6. The van der Waals surface area contributed by atoms with Crippen LogP contribution < -0.4 is 28.4 Å². The van der Waals surface area contributed by atoms with Crippen LogP contribution in [0.3, 0.4) is 0 Å². The first kappa shape index (κ1) is 25.8. The molecule has 202 valence electrons. The Hall–Kier alpha value is -4.86. The summed E-state index contributed by atoms with van der Waals surface area (Å²) in [6.45, 7) is 0.672. The summed E-state index contributed by atoms with van der Waals surface area (Å²) >= 11 is 0. The highest BCUT2D eigenvalue weighted by atomic mass is 16.7. The molecular formula is C29H28N2O8. The molecule has 1 aliphatic heterocycles. The summed E-state index contributed by atoms with van der Waals surface area (Å²) < 4.78 is 38.3. The molecule has 0 radical (unpaired) electrons. The van der Waals surface area contributed by atoms with Gasteiger partial charge in [0.15, 0.2) is 28.8 Å². The van der Waals surface area contributed by atoms with Crippen molar-refractivity contribution in [1.82, 2.24) is 10.1 Å². The van der Waals surface area contributed by atoms with Gasteiger partial charge in [0.25, 0.3) is 5.91 Å². The van der Waals surface area contributed by atoms with Crippen molar-refractivity contribution >= 4 is 5.91 Å². The van der Waals surface area contributed by atoms with Crippen molar-refractivity contribution in [2.75, 3.05) is 35.2 Å². The third kappa shape index (κ3) is 5.40. The van der Waals surface area contributed by atoms with Crippen LogP contribution in [0.25, 0.3) is 11.3 Å². The zero-order chi connectivity index (χ0) is 27.4. The van der Waals surface area contributed by atoms with E-state index in [9.17, 15) is 4.79 Å². The Morgan fingerprint density at radius 2 is 1.62 bits per heavy atom. The number of hydrogen-bond acceptors (Lipinski definition) is 9. The Morgan fingerprint density at radius 3 is 2.33 bits per heavy atom. The number of rotatable bonds is 10. The molecule has 3 aromatic carbocycles. The highest BCUT2D eigenvalue weighted by Crippen LogP contribution is 2.41. The SMILES string of the molecule is COc1cccc(C(=O)N(Cc2ccc3c(c2)OCO3)Cc2cc(-c3cc(OC)c(OC)c(OC)c3)on2)c1. The number of amides is 1. The molecule has 0 atom stereocenters. The lowest BCUT2D eigenvalue weighted by molar-refractivity contribution is 0.0725. The fourth-order valence-corrected chi connectivity index (χ4v) is 4.34. The molecule has 0 fully saturated rings. The van der Waals surface area contributed by atoms with Crippen LogP contribution in [0, 0.1) is 0 Å². The summed E-state index contributed by atoms with van der Waals surface area (Å²) in [5.41, 5.74) is 2.62. The number of carbonyl (C=O) groups is 1. The zero-order valence-corrected chi connectivity index (χ0v) is 22.1. The fraction of sp³-hybridized carbons (Fsp3) is 0.241. The van der Waals surface area contributed by atoms with Crippen LogP contribution in [0.2, 0.25) is 0 Å². The summed E-state index contributed by atoms with van der Waals surface area (Å²) in [6.07, 6.45) is 0. The van der Waals surface area contributed by atoms with E-state index in [0.717, 1.165) is 5.56 Å². The topological polar surface area (TPSA) is 102 Å². The van der Waals surface area contributed by atoms with Gasteiger partial charge < -0.3 is 37.8 Å². The van der Waals surface area contributed by atoms with Crippen LogP contribution in [0.1, 0.15) is 21.6 Å². The first-order chi connectivity index (χ1) is 19.0. The molecular weight excluding hydrogens is 504 g/mol.